The average Bonchev–Trinajstić information content (AvgIpc) is 2.29. The molecule has 2 heteroatoms. The molecule has 0 saturated heterocycles. The highest BCUT2D eigenvalue weighted by Gasteiger charge is 2.15. The second-order valence-corrected chi connectivity index (χ2v) is 5.08. The van der Waals surface area contributed by atoms with Gasteiger partial charge in [0.25, 0.3) is 0 Å². The van der Waals surface area contributed by atoms with Crippen LogP contribution in [-0.4, -0.2) is 30.9 Å². The summed E-state index contributed by atoms with van der Waals surface area (Å²) in [7, 11) is 4.40. The Labute approximate surface area is 104 Å². The minimum absolute atomic E-state index is 0.143. The topological polar surface area (TPSA) is 17.1 Å². The van der Waals surface area contributed by atoms with Crippen LogP contribution in [0.3, 0.4) is 0 Å². The van der Waals surface area contributed by atoms with E-state index in [-0.39, 0.29) is 5.78 Å². The third-order valence-electron chi connectivity index (χ3n) is 2.87. The maximum absolute atomic E-state index is 11.1. The molecule has 0 radical (unpaired) electrons. The zero-order chi connectivity index (χ0) is 12.7. The maximum atomic E-state index is 11.1. The Morgan fingerprint density at radius 2 is 1.94 bits per heavy atom. The summed E-state index contributed by atoms with van der Waals surface area (Å²) in [6.45, 7) is 5.50. The van der Waals surface area contributed by atoms with Crippen LogP contribution >= 0.6 is 0 Å². The second kappa shape index (κ2) is 6.36. The number of carbonyl (C=O) groups is 1. The summed E-state index contributed by atoms with van der Waals surface area (Å²) in [5, 5.41) is 0. The second-order valence-electron chi connectivity index (χ2n) is 5.08. The predicted molar refractivity (Wildman–Crippen MR) is 71.6 cm³/mol. The molecule has 92 valence electrons. The van der Waals surface area contributed by atoms with E-state index >= 15 is 0 Å². The Morgan fingerprint density at radius 1 is 1.29 bits per heavy atom. The first kappa shape index (κ1) is 13.7. The number of rotatable bonds is 7. The van der Waals surface area contributed by atoms with Gasteiger partial charge >= 0.3 is 0 Å². The van der Waals surface area contributed by atoms with Crippen molar-refractivity contribution in [1.82, 2.24) is 0 Å². The van der Waals surface area contributed by atoms with Gasteiger partial charge in [-0.1, -0.05) is 36.9 Å². The van der Waals surface area contributed by atoms with Gasteiger partial charge in [-0.3, -0.25) is 4.79 Å². The van der Waals surface area contributed by atoms with E-state index in [1.54, 1.807) is 0 Å². The maximum Gasteiger partial charge on any atom is 0.155 e. The van der Waals surface area contributed by atoms with Crippen LogP contribution in [0.25, 0.3) is 0 Å². The van der Waals surface area contributed by atoms with E-state index in [4.69, 9.17) is 0 Å². The number of carbonyl (C=O) groups excluding carboxylic acids is 1. The fourth-order valence-electron chi connectivity index (χ4n) is 1.94. The van der Waals surface area contributed by atoms with Crippen molar-refractivity contribution in [3.8, 4) is 0 Å². The Balaban J connectivity index is 2.41. The number of hydrogen-bond acceptors (Lipinski definition) is 1. The average molecular weight is 232 g/mol. The summed E-state index contributed by atoms with van der Waals surface area (Å²) >= 11 is 0. The lowest BCUT2D eigenvalue weighted by molar-refractivity contribution is -0.903. The van der Waals surface area contributed by atoms with Gasteiger partial charge in [0.05, 0.1) is 20.6 Å². The molecule has 0 fully saturated rings. The van der Waals surface area contributed by atoms with Gasteiger partial charge in [0.15, 0.2) is 5.78 Å². The zero-order valence-electron chi connectivity index (χ0n) is 10.9. The highest BCUT2D eigenvalue weighted by atomic mass is 16.1. The molecule has 1 aromatic rings. The summed E-state index contributed by atoms with van der Waals surface area (Å²) in [5.74, 6) is 0.143. The van der Waals surface area contributed by atoms with Gasteiger partial charge in [-0.2, -0.15) is 0 Å². The molecule has 0 saturated carbocycles. The number of allylic oxidation sites excluding steroid dienone is 1. The quantitative estimate of drug-likeness (QED) is 0.522. The Kier molecular flexibility index (Phi) is 5.11. The van der Waals surface area contributed by atoms with Crippen LogP contribution in [0.5, 0.6) is 0 Å². The Morgan fingerprint density at radius 3 is 2.53 bits per heavy atom. The summed E-state index contributed by atoms with van der Waals surface area (Å²) in [4.78, 5) is 11.1. The molecule has 0 N–H and O–H groups in total. The minimum atomic E-state index is 0.143. The first-order valence-corrected chi connectivity index (χ1v) is 6.05. The first-order chi connectivity index (χ1) is 8.03. The Hall–Kier alpha value is -1.41. The molecule has 0 aliphatic rings. The standard InChI is InChI=1S/C15H22NO/c1-4-15(17)11-8-12-16(2,3)13-14-9-6-5-7-10-14/h4-7,9-10H,1,8,11-13H2,2-3H3/q+1. The third kappa shape index (κ3) is 5.45. The van der Waals surface area contributed by atoms with Crippen LogP contribution in [0.1, 0.15) is 18.4 Å². The number of benzene rings is 1. The van der Waals surface area contributed by atoms with E-state index in [0.29, 0.717) is 6.42 Å². The number of nitrogens with zero attached hydrogens (tertiary/aromatic N) is 1. The van der Waals surface area contributed by atoms with Crippen molar-refractivity contribution in [2.24, 2.45) is 0 Å². The third-order valence-corrected chi connectivity index (χ3v) is 2.87. The van der Waals surface area contributed by atoms with Crippen molar-refractivity contribution < 1.29 is 9.28 Å². The number of ketones is 1. The monoisotopic (exact) mass is 232 g/mol. The lowest BCUT2D eigenvalue weighted by atomic mass is 10.1. The molecular formula is C15H22NO+. The lowest BCUT2D eigenvalue weighted by Crippen LogP contribution is -2.39. The number of quaternary nitrogens is 1. The van der Waals surface area contributed by atoms with Crippen LogP contribution in [0, 0.1) is 0 Å². The Bertz CT molecular complexity index is 368. The highest BCUT2D eigenvalue weighted by molar-refractivity contribution is 5.88. The van der Waals surface area contributed by atoms with Crippen LogP contribution in [-0.2, 0) is 11.3 Å². The van der Waals surface area contributed by atoms with E-state index < -0.39 is 0 Å². The van der Waals surface area contributed by atoms with Gasteiger partial charge < -0.3 is 4.48 Å². The SMILES string of the molecule is C=CC(=O)CCC[N+](C)(C)Cc1ccccc1. The molecule has 0 heterocycles. The molecule has 0 bridgehead atoms. The largest absolute Gasteiger partial charge is 0.325 e. The van der Waals surface area contributed by atoms with Gasteiger partial charge in [0, 0.05) is 18.4 Å². The summed E-state index contributed by atoms with van der Waals surface area (Å²) in [5.41, 5.74) is 1.34. The van der Waals surface area contributed by atoms with Gasteiger partial charge in [-0.05, 0) is 6.08 Å². The fraction of sp³-hybridized carbons (Fsp3) is 0.400. The molecule has 0 amide bonds. The molecular weight excluding hydrogens is 210 g/mol. The molecule has 0 atom stereocenters. The van der Waals surface area contributed by atoms with Crippen LogP contribution < -0.4 is 0 Å². The summed E-state index contributed by atoms with van der Waals surface area (Å²) in [6.07, 6.45) is 2.95. The van der Waals surface area contributed by atoms with Crippen LogP contribution in [0.15, 0.2) is 43.0 Å². The molecule has 1 aromatic carbocycles. The van der Waals surface area contributed by atoms with E-state index in [2.05, 4.69) is 44.9 Å². The van der Waals surface area contributed by atoms with Gasteiger partial charge in [-0.15, -0.1) is 0 Å². The van der Waals surface area contributed by atoms with Crippen LogP contribution in [0.2, 0.25) is 0 Å². The first-order valence-electron chi connectivity index (χ1n) is 6.05. The van der Waals surface area contributed by atoms with Crippen molar-refractivity contribution in [2.75, 3.05) is 20.6 Å². The van der Waals surface area contributed by atoms with Gasteiger partial charge in [0.1, 0.15) is 6.54 Å². The van der Waals surface area contributed by atoms with E-state index in [9.17, 15) is 4.79 Å². The van der Waals surface area contributed by atoms with Crippen molar-refractivity contribution in [3.05, 3.63) is 48.6 Å². The van der Waals surface area contributed by atoms with Crippen LogP contribution in [0.4, 0.5) is 0 Å². The molecule has 0 aliphatic heterocycles. The van der Waals surface area contributed by atoms with Crippen molar-refractivity contribution in [3.63, 3.8) is 0 Å². The highest BCUT2D eigenvalue weighted by Crippen LogP contribution is 2.10. The summed E-state index contributed by atoms with van der Waals surface area (Å²) < 4.78 is 0.911. The van der Waals surface area contributed by atoms with Crippen molar-refractivity contribution >= 4 is 5.78 Å². The predicted octanol–water partition coefficient (Wildman–Crippen LogP) is 2.80. The molecule has 0 unspecified atom stereocenters. The fourth-order valence-corrected chi connectivity index (χ4v) is 1.94. The minimum Gasteiger partial charge on any atom is -0.325 e. The zero-order valence-corrected chi connectivity index (χ0v) is 10.9. The molecule has 17 heavy (non-hydrogen) atoms. The van der Waals surface area contributed by atoms with Crippen molar-refractivity contribution in [2.45, 2.75) is 19.4 Å². The summed E-state index contributed by atoms with van der Waals surface area (Å²) in [6, 6.07) is 10.5. The molecule has 0 aromatic heterocycles. The lowest BCUT2D eigenvalue weighted by Gasteiger charge is -2.29. The smallest absolute Gasteiger partial charge is 0.155 e. The van der Waals surface area contributed by atoms with E-state index in [1.165, 1.54) is 11.6 Å². The van der Waals surface area contributed by atoms with E-state index in [0.717, 1.165) is 24.0 Å². The normalized spacial score (nSPS) is 11.2. The number of hydrogen-bond donors (Lipinski definition) is 0. The molecule has 2 nitrogen and oxygen atoms in total. The van der Waals surface area contributed by atoms with E-state index in [1.807, 2.05) is 6.07 Å². The van der Waals surface area contributed by atoms with Gasteiger partial charge in [0.2, 0.25) is 0 Å². The molecule has 0 aliphatic carbocycles. The molecule has 1 rings (SSSR count). The molecule has 0 spiro atoms. The van der Waals surface area contributed by atoms with Crippen molar-refractivity contribution in [1.29, 1.82) is 0 Å². The van der Waals surface area contributed by atoms with Gasteiger partial charge in [-0.25, -0.2) is 0 Å².